The highest BCUT2D eigenvalue weighted by Crippen LogP contribution is 2.18. The van der Waals surface area contributed by atoms with E-state index < -0.39 is 22.2 Å². The number of nitrogens with zero attached hydrogens (tertiary/aromatic N) is 2. The molecule has 1 atom stereocenters. The highest BCUT2D eigenvalue weighted by molar-refractivity contribution is 7.89. The molecule has 1 aliphatic heterocycles. The molecule has 0 radical (unpaired) electrons. The number of amides is 1. The number of hydrogen-bond donors (Lipinski definition) is 2. The first-order valence-corrected chi connectivity index (χ1v) is 7.95. The zero-order valence-electron chi connectivity index (χ0n) is 10.9. The number of carbonyl (C=O) groups is 1. The van der Waals surface area contributed by atoms with E-state index in [0.29, 0.717) is 13.0 Å². The summed E-state index contributed by atoms with van der Waals surface area (Å²) in [5.41, 5.74) is 0. The van der Waals surface area contributed by atoms with Crippen LogP contribution in [0.4, 0.5) is 4.79 Å². The van der Waals surface area contributed by atoms with Gasteiger partial charge >= 0.3 is 6.09 Å². The number of nitrogens with one attached hydrogen (secondary N) is 1. The van der Waals surface area contributed by atoms with Crippen LogP contribution in [0, 0.1) is 0 Å². The summed E-state index contributed by atoms with van der Waals surface area (Å²) in [6.07, 6.45) is 0.639. The number of pyridine rings is 1. The molecule has 0 bridgehead atoms. The van der Waals surface area contributed by atoms with Crippen LogP contribution in [-0.2, 0) is 14.8 Å². The summed E-state index contributed by atoms with van der Waals surface area (Å²) in [5.74, 6) is 0. The average Bonchev–Trinajstić information content (AvgIpc) is 2.45. The Morgan fingerprint density at radius 1 is 1.62 bits per heavy atom. The Morgan fingerprint density at radius 2 is 2.38 bits per heavy atom. The fourth-order valence-electron chi connectivity index (χ4n) is 1.92. The minimum atomic E-state index is -3.84. The van der Waals surface area contributed by atoms with Crippen LogP contribution in [0.3, 0.4) is 0 Å². The van der Waals surface area contributed by atoms with Gasteiger partial charge in [-0.3, -0.25) is 4.90 Å². The Hall–Kier alpha value is -1.42. The first-order valence-electron chi connectivity index (χ1n) is 6.09. The van der Waals surface area contributed by atoms with Crippen LogP contribution in [0.15, 0.2) is 23.2 Å². The van der Waals surface area contributed by atoms with Crippen molar-refractivity contribution in [3.8, 4) is 0 Å². The minimum absolute atomic E-state index is 0.0524. The molecule has 0 aliphatic carbocycles. The van der Waals surface area contributed by atoms with Gasteiger partial charge in [-0.2, -0.15) is 0 Å². The van der Waals surface area contributed by atoms with Crippen LogP contribution in [0.1, 0.15) is 6.42 Å². The van der Waals surface area contributed by atoms with E-state index >= 15 is 0 Å². The van der Waals surface area contributed by atoms with Gasteiger partial charge in [0.05, 0.1) is 12.6 Å². The molecule has 1 amide bonds. The van der Waals surface area contributed by atoms with Crippen LogP contribution in [0.5, 0.6) is 0 Å². The normalized spacial score (nSPS) is 19.5. The largest absolute Gasteiger partial charge is 0.465 e. The minimum Gasteiger partial charge on any atom is -0.465 e. The second-order valence-electron chi connectivity index (χ2n) is 4.38. The Bertz CT molecular complexity index is 624. The molecule has 1 aromatic rings. The van der Waals surface area contributed by atoms with Crippen LogP contribution in [-0.4, -0.2) is 55.4 Å². The van der Waals surface area contributed by atoms with E-state index in [1.54, 1.807) is 0 Å². The summed E-state index contributed by atoms with van der Waals surface area (Å²) >= 11 is 5.75. The van der Waals surface area contributed by atoms with Gasteiger partial charge in [0.2, 0.25) is 10.0 Å². The average molecular weight is 336 g/mol. The highest BCUT2D eigenvalue weighted by Gasteiger charge is 2.29. The molecule has 1 unspecified atom stereocenters. The molecule has 2 rings (SSSR count). The second kappa shape index (κ2) is 6.56. The summed E-state index contributed by atoms with van der Waals surface area (Å²) < 4.78 is 31.7. The third kappa shape index (κ3) is 3.82. The maximum Gasteiger partial charge on any atom is 0.409 e. The van der Waals surface area contributed by atoms with Gasteiger partial charge in [-0.15, -0.1) is 0 Å². The Labute approximate surface area is 126 Å². The predicted molar refractivity (Wildman–Crippen MR) is 73.5 cm³/mol. The molecule has 1 fully saturated rings. The summed E-state index contributed by atoms with van der Waals surface area (Å²) in [6.45, 7) is 0.252. The lowest BCUT2D eigenvalue weighted by atomic mass is 10.2. The number of carboxylic acid groups (broad SMARTS) is 1. The van der Waals surface area contributed by atoms with Crippen molar-refractivity contribution in [3.63, 3.8) is 0 Å². The molecule has 8 nitrogen and oxygen atoms in total. The molecule has 2 heterocycles. The standard InChI is InChI=1S/C11H14ClN3O5S/c12-10-9(2-1-4-13-10)21(18,19)14-6-8-3-5-20-7-15(8)11(16)17/h1-2,4,8,14H,3,5-7H2,(H,16,17). The van der Waals surface area contributed by atoms with Crippen LogP contribution in [0.25, 0.3) is 0 Å². The lowest BCUT2D eigenvalue weighted by Crippen LogP contribution is -2.50. The quantitative estimate of drug-likeness (QED) is 0.785. The van der Waals surface area contributed by atoms with Gasteiger partial charge in [-0.05, 0) is 18.6 Å². The van der Waals surface area contributed by atoms with Gasteiger partial charge in [0.15, 0.2) is 0 Å². The Balaban J connectivity index is 2.08. The van der Waals surface area contributed by atoms with Crippen molar-refractivity contribution in [1.82, 2.24) is 14.6 Å². The number of halogens is 1. The van der Waals surface area contributed by atoms with Crippen molar-refractivity contribution in [1.29, 1.82) is 0 Å². The maximum atomic E-state index is 12.1. The van der Waals surface area contributed by atoms with Gasteiger partial charge in [0.25, 0.3) is 0 Å². The van der Waals surface area contributed by atoms with Gasteiger partial charge in [0.1, 0.15) is 16.8 Å². The topological polar surface area (TPSA) is 109 Å². The van der Waals surface area contributed by atoms with Crippen molar-refractivity contribution >= 4 is 27.7 Å². The van der Waals surface area contributed by atoms with E-state index in [0.717, 1.165) is 4.90 Å². The zero-order chi connectivity index (χ0) is 15.5. The zero-order valence-corrected chi connectivity index (χ0v) is 12.5. The Morgan fingerprint density at radius 3 is 3.05 bits per heavy atom. The van der Waals surface area contributed by atoms with E-state index in [9.17, 15) is 13.2 Å². The van der Waals surface area contributed by atoms with Gasteiger partial charge in [-0.1, -0.05) is 11.6 Å². The smallest absolute Gasteiger partial charge is 0.409 e. The summed E-state index contributed by atoms with van der Waals surface area (Å²) in [6, 6.07) is 2.30. The molecule has 0 spiro atoms. The molecule has 1 saturated heterocycles. The van der Waals surface area contributed by atoms with Gasteiger partial charge < -0.3 is 9.84 Å². The van der Waals surface area contributed by atoms with E-state index in [1.165, 1.54) is 18.3 Å². The molecule has 10 heteroatoms. The van der Waals surface area contributed by atoms with Crippen molar-refractivity contribution in [3.05, 3.63) is 23.5 Å². The van der Waals surface area contributed by atoms with Crippen molar-refractivity contribution in [2.45, 2.75) is 17.4 Å². The summed E-state index contributed by atoms with van der Waals surface area (Å²) in [7, 11) is -3.84. The molecule has 0 saturated carbocycles. The summed E-state index contributed by atoms with van der Waals surface area (Å²) in [5, 5.41) is 8.90. The lowest BCUT2D eigenvalue weighted by Gasteiger charge is -2.33. The summed E-state index contributed by atoms with van der Waals surface area (Å²) in [4.78, 5) is 15.7. The van der Waals surface area contributed by atoms with E-state index in [2.05, 4.69) is 9.71 Å². The van der Waals surface area contributed by atoms with Crippen molar-refractivity contribution in [2.75, 3.05) is 19.9 Å². The number of hydrogen-bond acceptors (Lipinski definition) is 5. The van der Waals surface area contributed by atoms with Crippen LogP contribution >= 0.6 is 11.6 Å². The predicted octanol–water partition coefficient (Wildman–Crippen LogP) is 0.740. The first-order chi connectivity index (χ1) is 9.92. The van der Waals surface area contributed by atoms with Crippen LogP contribution in [0.2, 0.25) is 5.15 Å². The second-order valence-corrected chi connectivity index (χ2v) is 6.47. The molecule has 1 aromatic heterocycles. The SMILES string of the molecule is O=C(O)N1COCCC1CNS(=O)(=O)c1cccnc1Cl. The number of rotatable bonds is 4. The third-order valence-electron chi connectivity index (χ3n) is 3.04. The van der Waals surface area contributed by atoms with E-state index in [1.807, 2.05) is 0 Å². The molecular weight excluding hydrogens is 322 g/mol. The molecule has 1 aliphatic rings. The van der Waals surface area contributed by atoms with Crippen molar-refractivity contribution < 1.29 is 23.1 Å². The maximum absolute atomic E-state index is 12.1. The Kier molecular flexibility index (Phi) is 4.99. The molecule has 116 valence electrons. The van der Waals surface area contributed by atoms with Crippen molar-refractivity contribution in [2.24, 2.45) is 0 Å². The van der Waals surface area contributed by atoms with Gasteiger partial charge in [-0.25, -0.2) is 22.9 Å². The highest BCUT2D eigenvalue weighted by atomic mass is 35.5. The number of sulfonamides is 1. The number of ether oxygens (including phenoxy) is 1. The van der Waals surface area contributed by atoms with E-state index in [4.69, 9.17) is 21.4 Å². The monoisotopic (exact) mass is 335 g/mol. The molecular formula is C11H14ClN3O5S. The molecule has 2 N–H and O–H groups in total. The fourth-order valence-corrected chi connectivity index (χ4v) is 3.45. The van der Waals surface area contributed by atoms with E-state index in [-0.39, 0.29) is 23.3 Å². The first kappa shape index (κ1) is 16.0. The number of aromatic nitrogens is 1. The fraction of sp³-hybridized carbons (Fsp3) is 0.455. The van der Waals surface area contributed by atoms with Crippen LogP contribution < -0.4 is 4.72 Å². The van der Waals surface area contributed by atoms with Gasteiger partial charge in [0, 0.05) is 12.7 Å². The molecule has 0 aromatic carbocycles. The third-order valence-corrected chi connectivity index (χ3v) is 4.90. The lowest BCUT2D eigenvalue weighted by molar-refractivity contribution is -0.0329. The molecule has 21 heavy (non-hydrogen) atoms.